The zero-order valence-corrected chi connectivity index (χ0v) is 15.5. The number of carbonyl (C=O) groups excluding carboxylic acids is 1. The van der Waals surface area contributed by atoms with E-state index < -0.39 is 17.5 Å². The van der Waals surface area contributed by atoms with Gasteiger partial charge in [-0.25, -0.2) is 4.79 Å². The van der Waals surface area contributed by atoms with Gasteiger partial charge in [0.05, 0.1) is 13.7 Å². The highest BCUT2D eigenvalue weighted by Gasteiger charge is 2.42. The summed E-state index contributed by atoms with van der Waals surface area (Å²) in [5.74, 6) is -5.32. The molecule has 0 spiro atoms. The van der Waals surface area contributed by atoms with Crippen LogP contribution in [0.5, 0.6) is 0 Å². The third kappa shape index (κ3) is 3.17. The Morgan fingerprint density at radius 3 is 2.46 bits per heavy atom. The molecule has 0 N–H and O–H groups in total. The first kappa shape index (κ1) is 18.7. The van der Waals surface area contributed by atoms with Crippen molar-refractivity contribution in [3.8, 4) is 0 Å². The number of ether oxygens (including phenoxy) is 1. The van der Waals surface area contributed by atoms with Crippen LogP contribution in [0.4, 0.5) is 8.78 Å². The fourth-order valence-electron chi connectivity index (χ4n) is 2.90. The molecule has 0 bridgehead atoms. The molecule has 3 rings (SSSR count). The molecule has 0 atom stereocenters. The average molecular weight is 398 g/mol. The number of carbonyl (C=O) groups is 1. The highest BCUT2D eigenvalue weighted by Crippen LogP contribution is 2.34. The van der Waals surface area contributed by atoms with E-state index in [1.165, 1.54) is 12.1 Å². The lowest BCUT2D eigenvalue weighted by molar-refractivity contribution is -0.170. The van der Waals surface area contributed by atoms with Gasteiger partial charge in [-0.05, 0) is 30.7 Å². The lowest BCUT2D eigenvalue weighted by Crippen LogP contribution is -2.27. The molecule has 3 nitrogen and oxygen atoms in total. The van der Waals surface area contributed by atoms with Crippen molar-refractivity contribution >= 4 is 40.1 Å². The van der Waals surface area contributed by atoms with Crippen LogP contribution in [0.3, 0.4) is 0 Å². The Kier molecular flexibility index (Phi) is 4.95. The minimum Gasteiger partial charge on any atom is -0.464 e. The van der Waals surface area contributed by atoms with Gasteiger partial charge in [-0.3, -0.25) is 0 Å². The van der Waals surface area contributed by atoms with Crippen LogP contribution in [-0.2, 0) is 22.0 Å². The highest BCUT2D eigenvalue weighted by atomic mass is 35.5. The number of hydrogen-bond donors (Lipinski definition) is 0. The van der Waals surface area contributed by atoms with E-state index in [4.69, 9.17) is 23.2 Å². The quantitative estimate of drug-likeness (QED) is 0.538. The molecule has 1 aromatic heterocycles. The molecule has 136 valence electrons. The highest BCUT2D eigenvalue weighted by molar-refractivity contribution is 6.36. The zero-order valence-electron chi connectivity index (χ0n) is 14.0. The summed E-state index contributed by atoms with van der Waals surface area (Å²) in [6, 6.07) is 9.28. The van der Waals surface area contributed by atoms with Crippen molar-refractivity contribution in [1.82, 2.24) is 4.57 Å². The van der Waals surface area contributed by atoms with Gasteiger partial charge in [-0.15, -0.1) is 0 Å². The molecule has 1 heterocycles. The first-order chi connectivity index (χ1) is 12.3. The summed E-state index contributed by atoms with van der Waals surface area (Å²) in [4.78, 5) is 11.4. The third-order valence-corrected chi connectivity index (χ3v) is 4.98. The number of hydrogen-bond acceptors (Lipinski definition) is 2. The first-order valence-corrected chi connectivity index (χ1v) is 8.50. The van der Waals surface area contributed by atoms with Crippen LogP contribution >= 0.6 is 23.2 Å². The van der Waals surface area contributed by atoms with Crippen molar-refractivity contribution in [2.45, 2.75) is 19.4 Å². The molecule has 0 aliphatic carbocycles. The van der Waals surface area contributed by atoms with E-state index >= 15 is 0 Å². The molecule has 0 saturated heterocycles. The summed E-state index contributed by atoms with van der Waals surface area (Å²) < 4.78 is 34.5. The Morgan fingerprint density at radius 1 is 1.19 bits per heavy atom. The standard InChI is InChI=1S/C19H15Cl2F2NO2/c1-11-9-24(10-14-15(20)4-3-5-16(14)21)17-8-12(6-7-13(11)17)19(22,23)18(25)26-2/h3-9H,10H2,1-2H3. The summed E-state index contributed by atoms with van der Waals surface area (Å²) in [5.41, 5.74) is 1.73. The second-order valence-electron chi connectivity index (χ2n) is 5.94. The summed E-state index contributed by atoms with van der Waals surface area (Å²) in [6.45, 7) is 2.20. The van der Waals surface area contributed by atoms with Crippen molar-refractivity contribution in [2.75, 3.05) is 7.11 Å². The Labute approximate surface area is 159 Å². The van der Waals surface area contributed by atoms with Gasteiger partial charge in [-0.1, -0.05) is 41.4 Å². The second kappa shape index (κ2) is 6.89. The van der Waals surface area contributed by atoms with Crippen molar-refractivity contribution < 1.29 is 18.3 Å². The summed E-state index contributed by atoms with van der Waals surface area (Å²) in [5, 5.41) is 1.79. The predicted octanol–water partition coefficient (Wildman–Crippen LogP) is 5.57. The minimum atomic E-state index is -3.73. The molecule has 0 aliphatic rings. The normalized spacial score (nSPS) is 11.8. The van der Waals surface area contributed by atoms with E-state index in [1.54, 1.807) is 28.8 Å². The van der Waals surface area contributed by atoms with Crippen molar-refractivity contribution in [1.29, 1.82) is 0 Å². The topological polar surface area (TPSA) is 31.2 Å². The molecule has 0 amide bonds. The predicted molar refractivity (Wildman–Crippen MR) is 98.1 cm³/mol. The fourth-order valence-corrected chi connectivity index (χ4v) is 3.42. The number of benzene rings is 2. The molecule has 26 heavy (non-hydrogen) atoms. The first-order valence-electron chi connectivity index (χ1n) is 7.74. The molecular weight excluding hydrogens is 383 g/mol. The van der Waals surface area contributed by atoms with Crippen molar-refractivity contribution in [3.63, 3.8) is 0 Å². The molecule has 0 fully saturated rings. The van der Waals surface area contributed by atoms with Crippen LogP contribution < -0.4 is 0 Å². The number of nitrogens with zero attached hydrogens (tertiary/aromatic N) is 1. The number of fused-ring (bicyclic) bond motifs is 1. The van der Waals surface area contributed by atoms with Gasteiger partial charge in [0.2, 0.25) is 0 Å². The van der Waals surface area contributed by atoms with Crippen LogP contribution in [0.2, 0.25) is 10.0 Å². The Bertz CT molecular complexity index is 978. The van der Waals surface area contributed by atoms with Gasteiger partial charge in [0.15, 0.2) is 0 Å². The van der Waals surface area contributed by atoms with Gasteiger partial charge in [0.1, 0.15) is 0 Å². The van der Waals surface area contributed by atoms with Gasteiger partial charge >= 0.3 is 11.9 Å². The van der Waals surface area contributed by atoms with Gasteiger partial charge in [0.25, 0.3) is 0 Å². The van der Waals surface area contributed by atoms with Crippen molar-refractivity contribution in [2.24, 2.45) is 0 Å². The minimum absolute atomic E-state index is 0.316. The van der Waals surface area contributed by atoms with E-state index in [1.807, 2.05) is 13.1 Å². The van der Waals surface area contributed by atoms with E-state index in [0.717, 1.165) is 18.1 Å². The maximum Gasteiger partial charge on any atom is 0.381 e. The van der Waals surface area contributed by atoms with Crippen LogP contribution in [0.1, 0.15) is 16.7 Å². The van der Waals surface area contributed by atoms with Crippen LogP contribution in [0, 0.1) is 6.92 Å². The SMILES string of the molecule is COC(=O)C(F)(F)c1ccc2c(C)cn(Cc3c(Cl)cccc3Cl)c2c1. The fraction of sp³-hybridized carbons (Fsp3) is 0.211. The number of rotatable bonds is 4. The van der Waals surface area contributed by atoms with Gasteiger partial charge in [-0.2, -0.15) is 8.78 Å². The Balaban J connectivity index is 2.12. The van der Waals surface area contributed by atoms with E-state index in [0.29, 0.717) is 27.7 Å². The van der Waals surface area contributed by atoms with Gasteiger partial charge in [0, 0.05) is 38.3 Å². The van der Waals surface area contributed by atoms with Crippen molar-refractivity contribution in [3.05, 3.63) is 69.3 Å². The molecule has 0 unspecified atom stereocenters. The van der Waals surface area contributed by atoms with Crippen LogP contribution in [-0.4, -0.2) is 17.6 Å². The largest absolute Gasteiger partial charge is 0.464 e. The molecule has 2 aromatic carbocycles. The number of alkyl halides is 2. The Morgan fingerprint density at radius 2 is 1.85 bits per heavy atom. The van der Waals surface area contributed by atoms with E-state index in [-0.39, 0.29) is 0 Å². The molecule has 0 radical (unpaired) electrons. The molecular formula is C19H15Cl2F2NO2. The maximum atomic E-state index is 14.2. The number of methoxy groups -OCH3 is 1. The summed E-state index contributed by atoms with van der Waals surface area (Å²) >= 11 is 12.4. The Hall–Kier alpha value is -2.11. The summed E-state index contributed by atoms with van der Waals surface area (Å²) in [7, 11) is 0.932. The van der Waals surface area contributed by atoms with E-state index in [9.17, 15) is 13.6 Å². The number of aryl methyl sites for hydroxylation is 1. The second-order valence-corrected chi connectivity index (χ2v) is 6.75. The third-order valence-electron chi connectivity index (χ3n) is 4.28. The molecule has 3 aromatic rings. The lowest BCUT2D eigenvalue weighted by atomic mass is 10.1. The average Bonchev–Trinajstić information content (AvgIpc) is 2.93. The monoisotopic (exact) mass is 397 g/mol. The van der Waals surface area contributed by atoms with E-state index in [2.05, 4.69) is 4.74 Å². The zero-order chi connectivity index (χ0) is 19.1. The molecule has 0 saturated carbocycles. The van der Waals surface area contributed by atoms with Crippen LogP contribution in [0.25, 0.3) is 10.9 Å². The maximum absolute atomic E-state index is 14.2. The number of esters is 1. The summed E-state index contributed by atoms with van der Waals surface area (Å²) in [6.07, 6.45) is 1.84. The van der Waals surface area contributed by atoms with Gasteiger partial charge < -0.3 is 9.30 Å². The smallest absolute Gasteiger partial charge is 0.381 e. The number of aromatic nitrogens is 1. The van der Waals surface area contributed by atoms with Crippen LogP contribution in [0.15, 0.2) is 42.6 Å². The molecule has 7 heteroatoms. The lowest BCUT2D eigenvalue weighted by Gasteiger charge is -2.15. The molecule has 0 aliphatic heterocycles. The number of halogens is 4.